The number of hydrogen-bond acceptors (Lipinski definition) is 5. The van der Waals surface area contributed by atoms with E-state index in [1.54, 1.807) is 33.5 Å². The first kappa shape index (κ1) is 14.6. The molecule has 0 aliphatic carbocycles. The molecular formula is C15H16N2O4. The quantitative estimate of drug-likeness (QED) is 0.910. The highest BCUT2D eigenvalue weighted by Gasteiger charge is 2.11. The summed E-state index contributed by atoms with van der Waals surface area (Å²) in [6, 6.07) is 6.70. The van der Waals surface area contributed by atoms with Crippen LogP contribution in [0.1, 0.15) is 11.3 Å². The second-order valence-electron chi connectivity index (χ2n) is 4.14. The fourth-order valence-electron chi connectivity index (χ4n) is 1.83. The van der Waals surface area contributed by atoms with Gasteiger partial charge in [-0.15, -0.1) is 0 Å². The monoisotopic (exact) mass is 288 g/mol. The molecule has 0 bridgehead atoms. The van der Waals surface area contributed by atoms with E-state index in [4.69, 9.17) is 14.2 Å². The summed E-state index contributed by atoms with van der Waals surface area (Å²) >= 11 is 0. The van der Waals surface area contributed by atoms with Crippen LogP contribution in [0.2, 0.25) is 0 Å². The number of H-pyrrole nitrogens is 1. The minimum atomic E-state index is -0.236. The lowest BCUT2D eigenvalue weighted by molar-refractivity contribution is 0.324. The number of methoxy groups -OCH3 is 3. The Balaban J connectivity index is 2.35. The summed E-state index contributed by atoms with van der Waals surface area (Å²) in [5.41, 5.74) is 1.26. The molecule has 0 saturated heterocycles. The number of nitrogens with zero attached hydrogens (tertiary/aromatic N) is 1. The van der Waals surface area contributed by atoms with E-state index in [-0.39, 0.29) is 5.56 Å². The number of hydrogen-bond donors (Lipinski definition) is 1. The highest BCUT2D eigenvalue weighted by Crippen LogP contribution is 2.38. The molecule has 0 atom stereocenters. The van der Waals surface area contributed by atoms with E-state index in [0.29, 0.717) is 22.9 Å². The molecule has 0 saturated carbocycles. The molecule has 2 aromatic rings. The molecule has 21 heavy (non-hydrogen) atoms. The van der Waals surface area contributed by atoms with Gasteiger partial charge in [-0.2, -0.15) is 5.10 Å². The van der Waals surface area contributed by atoms with E-state index in [1.807, 2.05) is 18.2 Å². The van der Waals surface area contributed by atoms with Gasteiger partial charge in [-0.05, 0) is 29.8 Å². The maximum absolute atomic E-state index is 10.9. The average molecular weight is 288 g/mol. The smallest absolute Gasteiger partial charge is 0.264 e. The van der Waals surface area contributed by atoms with Crippen molar-refractivity contribution >= 4 is 12.2 Å². The summed E-state index contributed by atoms with van der Waals surface area (Å²) in [5, 5.41) is 6.27. The van der Waals surface area contributed by atoms with Crippen LogP contribution in [0.15, 0.2) is 29.1 Å². The minimum absolute atomic E-state index is 0.236. The molecule has 1 aromatic heterocycles. The van der Waals surface area contributed by atoms with Gasteiger partial charge < -0.3 is 14.2 Å². The number of rotatable bonds is 5. The van der Waals surface area contributed by atoms with Gasteiger partial charge in [0.2, 0.25) is 5.75 Å². The third kappa shape index (κ3) is 3.42. The van der Waals surface area contributed by atoms with Crippen molar-refractivity contribution in [3.8, 4) is 17.2 Å². The van der Waals surface area contributed by atoms with Crippen molar-refractivity contribution < 1.29 is 14.2 Å². The zero-order chi connectivity index (χ0) is 15.2. The lowest BCUT2D eigenvalue weighted by Gasteiger charge is -2.12. The second-order valence-corrected chi connectivity index (χ2v) is 4.14. The van der Waals surface area contributed by atoms with Crippen LogP contribution >= 0.6 is 0 Å². The summed E-state index contributed by atoms with van der Waals surface area (Å²) in [4.78, 5) is 10.9. The molecule has 0 fully saturated rings. The normalized spacial score (nSPS) is 10.6. The van der Waals surface area contributed by atoms with Crippen LogP contribution in [-0.2, 0) is 0 Å². The SMILES string of the molecule is COc1cc(/C=C/c2ccc(=O)[nH]n2)cc(OC)c1OC. The molecule has 2 rings (SSSR count). The Kier molecular flexibility index (Phi) is 4.61. The van der Waals surface area contributed by atoms with E-state index in [1.165, 1.54) is 6.07 Å². The van der Waals surface area contributed by atoms with Crippen molar-refractivity contribution in [1.29, 1.82) is 0 Å². The Hall–Kier alpha value is -2.76. The molecule has 110 valence electrons. The van der Waals surface area contributed by atoms with Gasteiger partial charge in [-0.3, -0.25) is 4.79 Å². The van der Waals surface area contributed by atoms with Crippen molar-refractivity contribution in [1.82, 2.24) is 10.2 Å². The van der Waals surface area contributed by atoms with E-state index in [0.717, 1.165) is 5.56 Å². The molecule has 6 nitrogen and oxygen atoms in total. The van der Waals surface area contributed by atoms with Gasteiger partial charge in [0.25, 0.3) is 5.56 Å². The zero-order valence-corrected chi connectivity index (χ0v) is 12.0. The summed E-state index contributed by atoms with van der Waals surface area (Å²) in [5.74, 6) is 1.69. The Morgan fingerprint density at radius 1 is 1.00 bits per heavy atom. The fraction of sp³-hybridized carbons (Fsp3) is 0.200. The standard InChI is InChI=1S/C15H16N2O4/c1-19-12-8-10(9-13(20-2)15(12)21-3)4-5-11-6-7-14(18)17-16-11/h4-9H,1-3H3,(H,17,18)/b5-4+. The van der Waals surface area contributed by atoms with E-state index in [9.17, 15) is 4.79 Å². The van der Waals surface area contributed by atoms with Crippen molar-refractivity contribution in [2.45, 2.75) is 0 Å². The third-order valence-corrected chi connectivity index (χ3v) is 2.83. The molecule has 6 heteroatoms. The van der Waals surface area contributed by atoms with Gasteiger partial charge in [-0.1, -0.05) is 6.08 Å². The highest BCUT2D eigenvalue weighted by molar-refractivity contribution is 5.71. The molecular weight excluding hydrogens is 272 g/mol. The first-order valence-corrected chi connectivity index (χ1v) is 6.21. The van der Waals surface area contributed by atoms with Gasteiger partial charge >= 0.3 is 0 Å². The molecule has 1 N–H and O–H groups in total. The van der Waals surface area contributed by atoms with E-state index >= 15 is 0 Å². The minimum Gasteiger partial charge on any atom is -0.493 e. The predicted molar refractivity (Wildman–Crippen MR) is 79.9 cm³/mol. The number of aromatic nitrogens is 2. The first-order valence-electron chi connectivity index (χ1n) is 6.21. The third-order valence-electron chi connectivity index (χ3n) is 2.83. The van der Waals surface area contributed by atoms with Crippen LogP contribution in [-0.4, -0.2) is 31.5 Å². The first-order chi connectivity index (χ1) is 10.2. The van der Waals surface area contributed by atoms with Gasteiger partial charge in [0.15, 0.2) is 11.5 Å². The zero-order valence-electron chi connectivity index (χ0n) is 12.0. The molecule has 0 aliphatic rings. The Labute approximate surface area is 122 Å². The summed E-state index contributed by atoms with van der Waals surface area (Å²) in [6.45, 7) is 0. The Morgan fingerprint density at radius 3 is 2.14 bits per heavy atom. The van der Waals surface area contributed by atoms with E-state index in [2.05, 4.69) is 10.2 Å². The molecule has 1 heterocycles. The van der Waals surface area contributed by atoms with Crippen LogP contribution in [0, 0.1) is 0 Å². The van der Waals surface area contributed by atoms with Gasteiger partial charge in [0.05, 0.1) is 27.0 Å². The average Bonchev–Trinajstić information content (AvgIpc) is 2.53. The van der Waals surface area contributed by atoms with Crippen molar-refractivity contribution in [2.75, 3.05) is 21.3 Å². The van der Waals surface area contributed by atoms with Crippen molar-refractivity contribution in [3.05, 3.63) is 45.9 Å². The predicted octanol–water partition coefficient (Wildman–Crippen LogP) is 1.97. The fourth-order valence-corrected chi connectivity index (χ4v) is 1.83. The van der Waals surface area contributed by atoms with Crippen LogP contribution < -0.4 is 19.8 Å². The molecule has 0 unspecified atom stereocenters. The number of nitrogens with one attached hydrogen (secondary N) is 1. The van der Waals surface area contributed by atoms with Gasteiger partial charge in [-0.25, -0.2) is 5.10 Å². The van der Waals surface area contributed by atoms with Crippen LogP contribution in [0.3, 0.4) is 0 Å². The number of aromatic amines is 1. The lowest BCUT2D eigenvalue weighted by Crippen LogP contribution is -2.05. The highest BCUT2D eigenvalue weighted by atomic mass is 16.5. The molecule has 0 aliphatic heterocycles. The van der Waals surface area contributed by atoms with Crippen LogP contribution in [0.4, 0.5) is 0 Å². The second kappa shape index (κ2) is 6.60. The van der Waals surface area contributed by atoms with Crippen molar-refractivity contribution in [3.63, 3.8) is 0 Å². The summed E-state index contributed by atoms with van der Waals surface area (Å²) in [7, 11) is 4.68. The molecule has 0 radical (unpaired) electrons. The lowest BCUT2D eigenvalue weighted by atomic mass is 10.1. The van der Waals surface area contributed by atoms with Gasteiger partial charge in [0.1, 0.15) is 0 Å². The Morgan fingerprint density at radius 2 is 1.67 bits per heavy atom. The molecule has 0 amide bonds. The maximum atomic E-state index is 10.9. The largest absolute Gasteiger partial charge is 0.493 e. The van der Waals surface area contributed by atoms with Crippen LogP contribution in [0.5, 0.6) is 17.2 Å². The number of benzene rings is 1. The maximum Gasteiger partial charge on any atom is 0.264 e. The molecule has 1 aromatic carbocycles. The van der Waals surface area contributed by atoms with Crippen LogP contribution in [0.25, 0.3) is 12.2 Å². The summed E-state index contributed by atoms with van der Waals surface area (Å²) in [6.07, 6.45) is 3.61. The topological polar surface area (TPSA) is 73.4 Å². The Bertz CT molecular complexity index is 662. The number of ether oxygens (including phenoxy) is 3. The van der Waals surface area contributed by atoms with Gasteiger partial charge in [0, 0.05) is 6.07 Å². The van der Waals surface area contributed by atoms with Crippen molar-refractivity contribution in [2.24, 2.45) is 0 Å². The van der Waals surface area contributed by atoms with E-state index < -0.39 is 0 Å². The summed E-state index contributed by atoms with van der Waals surface area (Å²) < 4.78 is 15.8. The molecule has 0 spiro atoms.